The Kier molecular flexibility index (Phi) is 3.22. The van der Waals surface area contributed by atoms with Gasteiger partial charge in [-0.2, -0.15) is 0 Å². The van der Waals surface area contributed by atoms with Crippen LogP contribution < -0.4 is 5.32 Å². The number of rotatable bonds is 2. The third-order valence-electron chi connectivity index (χ3n) is 3.33. The molecule has 1 aliphatic carbocycles. The van der Waals surface area contributed by atoms with E-state index in [9.17, 15) is 4.79 Å². The van der Waals surface area contributed by atoms with Gasteiger partial charge in [-0.15, -0.1) is 0 Å². The molecule has 2 aliphatic rings. The predicted molar refractivity (Wildman–Crippen MR) is 76.6 cm³/mol. The number of hydrogen-bond acceptors (Lipinski definition) is 2. The third kappa shape index (κ3) is 2.47. The van der Waals surface area contributed by atoms with Gasteiger partial charge in [0.2, 0.25) is 0 Å². The van der Waals surface area contributed by atoms with Crippen LogP contribution in [-0.4, -0.2) is 17.7 Å². The zero-order chi connectivity index (χ0) is 13.2. The molecule has 1 aromatic carbocycles. The van der Waals surface area contributed by atoms with Gasteiger partial charge >= 0.3 is 0 Å². The van der Waals surface area contributed by atoms with E-state index in [2.05, 4.69) is 16.4 Å². The molecule has 0 spiro atoms. The molecule has 1 aliphatic heterocycles. The van der Waals surface area contributed by atoms with Gasteiger partial charge in [0.15, 0.2) is 0 Å². The van der Waals surface area contributed by atoms with E-state index in [0.717, 1.165) is 18.6 Å². The molecule has 1 amide bonds. The van der Waals surface area contributed by atoms with Crippen LogP contribution in [0.3, 0.4) is 0 Å². The van der Waals surface area contributed by atoms with Gasteiger partial charge in [-0.05, 0) is 30.2 Å². The summed E-state index contributed by atoms with van der Waals surface area (Å²) in [6.45, 7) is 0. The van der Waals surface area contributed by atoms with Crippen molar-refractivity contribution in [3.63, 3.8) is 0 Å². The maximum absolute atomic E-state index is 12.2. The van der Waals surface area contributed by atoms with Gasteiger partial charge in [0.25, 0.3) is 5.91 Å². The average molecular weight is 273 g/mol. The number of aliphatic imine (C=N–C) groups is 1. The number of carbonyl (C=O) groups is 1. The molecule has 0 bridgehead atoms. The monoisotopic (exact) mass is 272 g/mol. The molecule has 1 heterocycles. The van der Waals surface area contributed by atoms with Crippen molar-refractivity contribution in [1.82, 2.24) is 5.32 Å². The molecule has 4 heteroatoms. The zero-order valence-electron chi connectivity index (χ0n) is 10.3. The van der Waals surface area contributed by atoms with E-state index >= 15 is 0 Å². The van der Waals surface area contributed by atoms with Crippen molar-refractivity contribution in [2.24, 2.45) is 4.99 Å². The fourth-order valence-electron chi connectivity index (χ4n) is 2.34. The SMILES string of the molecule is O=C(NC1CC=C2C=CN=C2C1)c1ccccc1Cl. The highest BCUT2D eigenvalue weighted by atomic mass is 35.5. The quantitative estimate of drug-likeness (QED) is 0.883. The van der Waals surface area contributed by atoms with Gasteiger partial charge in [0, 0.05) is 24.4 Å². The lowest BCUT2D eigenvalue weighted by Crippen LogP contribution is -2.38. The molecule has 0 radical (unpaired) electrons. The van der Waals surface area contributed by atoms with Crippen LogP contribution in [0.2, 0.25) is 5.02 Å². The van der Waals surface area contributed by atoms with Crippen molar-refractivity contribution in [1.29, 1.82) is 0 Å². The molecule has 1 aromatic rings. The summed E-state index contributed by atoms with van der Waals surface area (Å²) < 4.78 is 0. The van der Waals surface area contributed by atoms with Crippen molar-refractivity contribution < 1.29 is 4.79 Å². The van der Waals surface area contributed by atoms with Crippen molar-refractivity contribution in [2.45, 2.75) is 18.9 Å². The third-order valence-corrected chi connectivity index (χ3v) is 3.66. The van der Waals surface area contributed by atoms with Crippen LogP contribution in [0.4, 0.5) is 0 Å². The first kappa shape index (κ1) is 12.2. The van der Waals surface area contributed by atoms with Gasteiger partial charge in [-0.25, -0.2) is 0 Å². The summed E-state index contributed by atoms with van der Waals surface area (Å²) in [7, 11) is 0. The number of hydrogen-bond donors (Lipinski definition) is 1. The highest BCUT2D eigenvalue weighted by molar-refractivity contribution is 6.33. The summed E-state index contributed by atoms with van der Waals surface area (Å²) in [5.41, 5.74) is 2.75. The summed E-state index contributed by atoms with van der Waals surface area (Å²) in [5.74, 6) is -0.126. The minimum absolute atomic E-state index is 0.0890. The Morgan fingerprint density at radius 3 is 3.05 bits per heavy atom. The number of halogens is 1. The van der Waals surface area contributed by atoms with Crippen molar-refractivity contribution in [2.75, 3.05) is 0 Å². The average Bonchev–Trinajstić information content (AvgIpc) is 2.86. The van der Waals surface area contributed by atoms with Crippen LogP contribution in [0.5, 0.6) is 0 Å². The number of nitrogens with zero attached hydrogens (tertiary/aromatic N) is 1. The molecular formula is C15H13ClN2O. The molecule has 0 saturated heterocycles. The number of amides is 1. The Hall–Kier alpha value is -1.87. The number of carbonyl (C=O) groups excluding carboxylic acids is 1. The second kappa shape index (κ2) is 5.02. The highest BCUT2D eigenvalue weighted by Crippen LogP contribution is 2.22. The number of benzene rings is 1. The molecule has 1 unspecified atom stereocenters. The fraction of sp³-hybridized carbons (Fsp3) is 0.200. The molecule has 1 N–H and O–H groups in total. The van der Waals surface area contributed by atoms with E-state index in [0.29, 0.717) is 10.6 Å². The molecule has 0 aromatic heterocycles. The highest BCUT2D eigenvalue weighted by Gasteiger charge is 2.22. The second-order valence-corrected chi connectivity index (χ2v) is 5.05. The Morgan fingerprint density at radius 2 is 2.21 bits per heavy atom. The standard InChI is InChI=1S/C15H13ClN2O/c16-13-4-2-1-3-12(13)15(19)18-11-6-5-10-7-8-17-14(10)9-11/h1-5,7-8,11H,6,9H2,(H,18,19). The van der Waals surface area contributed by atoms with Crippen LogP contribution in [0.1, 0.15) is 23.2 Å². The van der Waals surface area contributed by atoms with E-state index in [1.807, 2.05) is 18.2 Å². The molecule has 96 valence electrons. The largest absolute Gasteiger partial charge is 0.349 e. The van der Waals surface area contributed by atoms with E-state index in [1.54, 1.807) is 18.3 Å². The van der Waals surface area contributed by atoms with E-state index in [-0.39, 0.29) is 11.9 Å². The van der Waals surface area contributed by atoms with Crippen molar-refractivity contribution >= 4 is 23.2 Å². The Bertz CT molecular complexity index is 616. The fourth-order valence-corrected chi connectivity index (χ4v) is 2.56. The molecule has 1 atom stereocenters. The zero-order valence-corrected chi connectivity index (χ0v) is 11.0. The van der Waals surface area contributed by atoms with E-state index in [4.69, 9.17) is 11.6 Å². The normalized spacial score (nSPS) is 20.6. The Labute approximate surface area is 116 Å². The maximum atomic E-state index is 12.2. The smallest absolute Gasteiger partial charge is 0.253 e. The Balaban J connectivity index is 1.70. The van der Waals surface area contributed by atoms with Crippen LogP contribution >= 0.6 is 11.6 Å². The summed E-state index contributed by atoms with van der Waals surface area (Å²) in [6, 6.07) is 7.17. The van der Waals surface area contributed by atoms with Crippen molar-refractivity contribution in [3.8, 4) is 0 Å². The summed E-state index contributed by atoms with van der Waals surface area (Å²) in [4.78, 5) is 16.5. The summed E-state index contributed by atoms with van der Waals surface area (Å²) in [5, 5.41) is 3.49. The van der Waals surface area contributed by atoms with E-state index in [1.165, 1.54) is 5.57 Å². The van der Waals surface area contributed by atoms with Gasteiger partial charge in [-0.3, -0.25) is 9.79 Å². The molecule has 19 heavy (non-hydrogen) atoms. The van der Waals surface area contributed by atoms with Crippen LogP contribution in [0.15, 0.2) is 53.2 Å². The topological polar surface area (TPSA) is 41.5 Å². The molecule has 3 nitrogen and oxygen atoms in total. The second-order valence-electron chi connectivity index (χ2n) is 4.64. The number of nitrogens with one attached hydrogen (secondary N) is 1. The number of allylic oxidation sites excluding steroid dienone is 2. The predicted octanol–water partition coefficient (Wildman–Crippen LogP) is 3.13. The first-order chi connectivity index (χ1) is 9.24. The lowest BCUT2D eigenvalue weighted by atomic mass is 9.94. The summed E-state index contributed by atoms with van der Waals surface area (Å²) >= 11 is 6.02. The molecular weight excluding hydrogens is 260 g/mol. The minimum Gasteiger partial charge on any atom is -0.349 e. The van der Waals surface area contributed by atoms with Gasteiger partial charge in [-0.1, -0.05) is 29.8 Å². The van der Waals surface area contributed by atoms with Crippen molar-refractivity contribution in [3.05, 3.63) is 58.8 Å². The molecule has 0 saturated carbocycles. The van der Waals surface area contributed by atoms with Gasteiger partial charge < -0.3 is 5.32 Å². The van der Waals surface area contributed by atoms with Gasteiger partial charge in [0.1, 0.15) is 0 Å². The van der Waals surface area contributed by atoms with Gasteiger partial charge in [0.05, 0.1) is 10.6 Å². The first-order valence-electron chi connectivity index (χ1n) is 6.23. The minimum atomic E-state index is -0.126. The lowest BCUT2D eigenvalue weighted by molar-refractivity contribution is 0.0938. The number of fused-ring (bicyclic) bond motifs is 1. The molecule has 0 fully saturated rings. The molecule has 3 rings (SSSR count). The van der Waals surface area contributed by atoms with Crippen LogP contribution in [0, 0.1) is 0 Å². The van der Waals surface area contributed by atoms with Crippen LogP contribution in [0.25, 0.3) is 0 Å². The van der Waals surface area contributed by atoms with E-state index < -0.39 is 0 Å². The van der Waals surface area contributed by atoms with Crippen LogP contribution in [-0.2, 0) is 0 Å². The Morgan fingerprint density at radius 1 is 1.37 bits per heavy atom. The first-order valence-corrected chi connectivity index (χ1v) is 6.61. The maximum Gasteiger partial charge on any atom is 0.253 e. The summed E-state index contributed by atoms with van der Waals surface area (Å²) in [6.07, 6.45) is 7.52. The lowest BCUT2D eigenvalue weighted by Gasteiger charge is -2.22.